The molecule has 5 nitrogen and oxygen atoms in total. The SMILES string of the molecule is CCc1ccc(C(=O)C(C#N)c2ccc3c(c2)OCO3)o1. The zero-order chi connectivity index (χ0) is 14.8. The molecule has 2 aromatic rings. The maximum absolute atomic E-state index is 12.4. The van der Waals surface area contributed by atoms with Crippen molar-refractivity contribution in [2.24, 2.45) is 0 Å². The highest BCUT2D eigenvalue weighted by Crippen LogP contribution is 2.35. The number of nitrogens with zero attached hydrogens (tertiary/aromatic N) is 1. The van der Waals surface area contributed by atoms with Crippen molar-refractivity contribution in [3.8, 4) is 17.6 Å². The first-order valence-electron chi connectivity index (χ1n) is 6.65. The monoisotopic (exact) mass is 283 g/mol. The van der Waals surface area contributed by atoms with Gasteiger partial charge in [0, 0.05) is 6.42 Å². The molecule has 0 fully saturated rings. The van der Waals surface area contributed by atoms with Gasteiger partial charge in [0.25, 0.3) is 0 Å². The van der Waals surface area contributed by atoms with Gasteiger partial charge >= 0.3 is 0 Å². The molecule has 0 saturated heterocycles. The van der Waals surface area contributed by atoms with Crippen LogP contribution in [0.3, 0.4) is 0 Å². The molecule has 0 amide bonds. The first-order valence-corrected chi connectivity index (χ1v) is 6.65. The van der Waals surface area contributed by atoms with Crippen molar-refractivity contribution in [3.05, 3.63) is 47.4 Å². The Morgan fingerprint density at radius 3 is 2.81 bits per heavy atom. The van der Waals surface area contributed by atoms with Crippen molar-refractivity contribution >= 4 is 5.78 Å². The van der Waals surface area contributed by atoms with Crippen molar-refractivity contribution in [3.63, 3.8) is 0 Å². The van der Waals surface area contributed by atoms with Gasteiger partial charge in [-0.2, -0.15) is 5.26 Å². The maximum Gasteiger partial charge on any atom is 0.231 e. The standard InChI is InChI=1S/C16H13NO4/c1-2-11-4-6-14(21-11)16(18)12(8-17)10-3-5-13-15(7-10)20-9-19-13/h3-7,12H,2,9H2,1H3. The van der Waals surface area contributed by atoms with Crippen LogP contribution < -0.4 is 9.47 Å². The van der Waals surface area contributed by atoms with Crippen LogP contribution in [0.4, 0.5) is 0 Å². The van der Waals surface area contributed by atoms with Gasteiger partial charge in [-0.3, -0.25) is 4.79 Å². The third kappa shape index (κ3) is 2.36. The average molecular weight is 283 g/mol. The average Bonchev–Trinajstić information content (AvgIpc) is 3.16. The largest absolute Gasteiger partial charge is 0.458 e. The van der Waals surface area contributed by atoms with Gasteiger partial charge in [-0.25, -0.2) is 0 Å². The van der Waals surface area contributed by atoms with Crippen LogP contribution >= 0.6 is 0 Å². The van der Waals surface area contributed by atoms with Crippen LogP contribution in [0.5, 0.6) is 11.5 Å². The molecule has 0 radical (unpaired) electrons. The summed E-state index contributed by atoms with van der Waals surface area (Å²) in [5.41, 5.74) is 0.571. The summed E-state index contributed by atoms with van der Waals surface area (Å²) in [6.45, 7) is 2.09. The molecule has 5 heteroatoms. The summed E-state index contributed by atoms with van der Waals surface area (Å²) >= 11 is 0. The molecule has 1 atom stereocenters. The molecule has 1 aliphatic rings. The van der Waals surface area contributed by atoms with Crippen molar-refractivity contribution < 1.29 is 18.7 Å². The first-order chi connectivity index (χ1) is 10.2. The van der Waals surface area contributed by atoms with E-state index in [0.717, 1.165) is 5.76 Å². The van der Waals surface area contributed by atoms with E-state index in [0.29, 0.717) is 23.5 Å². The Morgan fingerprint density at radius 1 is 1.29 bits per heavy atom. The van der Waals surface area contributed by atoms with Crippen LogP contribution in [0.15, 0.2) is 34.7 Å². The van der Waals surface area contributed by atoms with Gasteiger partial charge in [-0.1, -0.05) is 13.0 Å². The first kappa shape index (κ1) is 13.3. The third-order valence-electron chi connectivity index (χ3n) is 3.37. The summed E-state index contributed by atoms with van der Waals surface area (Å²) < 4.78 is 15.9. The van der Waals surface area contributed by atoms with Gasteiger partial charge < -0.3 is 13.9 Å². The number of carbonyl (C=O) groups excluding carboxylic acids is 1. The van der Waals surface area contributed by atoms with Gasteiger partial charge in [-0.15, -0.1) is 0 Å². The Labute approximate surface area is 121 Å². The van der Waals surface area contributed by atoms with E-state index in [2.05, 4.69) is 0 Å². The van der Waals surface area contributed by atoms with Crippen LogP contribution in [0.1, 0.15) is 34.7 Å². The lowest BCUT2D eigenvalue weighted by molar-refractivity contribution is 0.0950. The van der Waals surface area contributed by atoms with Crippen molar-refractivity contribution in [1.29, 1.82) is 5.26 Å². The molecular formula is C16H13NO4. The molecule has 106 valence electrons. The van der Waals surface area contributed by atoms with Crippen LogP contribution in [0.2, 0.25) is 0 Å². The topological polar surface area (TPSA) is 72.5 Å². The predicted molar refractivity (Wildman–Crippen MR) is 73.3 cm³/mol. The van der Waals surface area contributed by atoms with E-state index in [4.69, 9.17) is 13.9 Å². The molecule has 2 heterocycles. The molecule has 21 heavy (non-hydrogen) atoms. The second kappa shape index (κ2) is 5.33. The molecule has 1 aromatic heterocycles. The molecule has 1 aliphatic heterocycles. The lowest BCUT2D eigenvalue weighted by Crippen LogP contribution is -2.10. The second-order valence-electron chi connectivity index (χ2n) is 4.66. The number of hydrogen-bond donors (Lipinski definition) is 0. The minimum absolute atomic E-state index is 0.155. The summed E-state index contributed by atoms with van der Waals surface area (Å²) in [6, 6.07) is 10.5. The Bertz CT molecular complexity index is 726. The normalized spacial score (nSPS) is 13.7. The van der Waals surface area contributed by atoms with Gasteiger partial charge in [0.2, 0.25) is 12.6 Å². The highest BCUT2D eigenvalue weighted by Gasteiger charge is 2.26. The predicted octanol–water partition coefficient (Wildman–Crippen LogP) is 3.06. The van der Waals surface area contributed by atoms with Crippen LogP contribution in [-0.2, 0) is 6.42 Å². The number of fused-ring (bicyclic) bond motifs is 1. The van der Waals surface area contributed by atoms with Gasteiger partial charge in [-0.05, 0) is 29.8 Å². The fourth-order valence-electron chi connectivity index (χ4n) is 2.22. The number of Topliss-reactive ketones (excluding diaryl/α,β-unsaturated/α-hetero) is 1. The number of hydrogen-bond acceptors (Lipinski definition) is 5. The summed E-state index contributed by atoms with van der Waals surface area (Å²) in [6.07, 6.45) is 0.703. The van der Waals surface area contributed by atoms with E-state index < -0.39 is 5.92 Å². The van der Waals surface area contributed by atoms with Crippen molar-refractivity contribution in [1.82, 2.24) is 0 Å². The summed E-state index contributed by atoms with van der Waals surface area (Å²) in [4.78, 5) is 12.4. The highest BCUT2D eigenvalue weighted by atomic mass is 16.7. The smallest absolute Gasteiger partial charge is 0.231 e. The molecule has 1 unspecified atom stereocenters. The number of nitriles is 1. The Hall–Kier alpha value is -2.74. The second-order valence-corrected chi connectivity index (χ2v) is 4.66. The van der Waals surface area contributed by atoms with E-state index in [1.54, 1.807) is 30.3 Å². The summed E-state index contributed by atoms with van der Waals surface area (Å²) in [7, 11) is 0. The Morgan fingerprint density at radius 2 is 2.10 bits per heavy atom. The summed E-state index contributed by atoms with van der Waals surface area (Å²) in [5, 5.41) is 9.34. The molecule has 1 aromatic carbocycles. The zero-order valence-corrected chi connectivity index (χ0v) is 11.5. The number of ether oxygens (including phenoxy) is 2. The van der Waals surface area contributed by atoms with E-state index in [9.17, 15) is 10.1 Å². The van der Waals surface area contributed by atoms with Gasteiger partial charge in [0.1, 0.15) is 11.7 Å². The number of ketones is 1. The van der Waals surface area contributed by atoms with E-state index in [-0.39, 0.29) is 18.3 Å². The lowest BCUT2D eigenvalue weighted by Gasteiger charge is -2.07. The number of rotatable bonds is 4. The Balaban J connectivity index is 1.91. The lowest BCUT2D eigenvalue weighted by atomic mass is 9.94. The quantitative estimate of drug-likeness (QED) is 0.806. The Kier molecular flexibility index (Phi) is 3.36. The van der Waals surface area contributed by atoms with E-state index in [1.807, 2.05) is 13.0 Å². The third-order valence-corrected chi connectivity index (χ3v) is 3.37. The van der Waals surface area contributed by atoms with E-state index in [1.165, 1.54) is 0 Å². The highest BCUT2D eigenvalue weighted by molar-refractivity contribution is 6.00. The fraction of sp³-hybridized carbons (Fsp3) is 0.250. The number of carbonyl (C=O) groups is 1. The maximum atomic E-state index is 12.4. The zero-order valence-electron chi connectivity index (χ0n) is 11.5. The fourth-order valence-corrected chi connectivity index (χ4v) is 2.22. The molecule has 0 spiro atoms. The molecular weight excluding hydrogens is 270 g/mol. The van der Waals surface area contributed by atoms with Gasteiger partial charge in [0.05, 0.1) is 6.07 Å². The summed E-state index contributed by atoms with van der Waals surface area (Å²) in [5.74, 6) is 0.826. The molecule has 0 aliphatic carbocycles. The van der Waals surface area contributed by atoms with E-state index >= 15 is 0 Å². The van der Waals surface area contributed by atoms with Crippen molar-refractivity contribution in [2.75, 3.05) is 6.79 Å². The molecule has 0 bridgehead atoms. The van der Waals surface area contributed by atoms with Crippen LogP contribution in [0.25, 0.3) is 0 Å². The molecule has 0 N–H and O–H groups in total. The van der Waals surface area contributed by atoms with Crippen LogP contribution in [-0.4, -0.2) is 12.6 Å². The van der Waals surface area contributed by atoms with Gasteiger partial charge in [0.15, 0.2) is 17.3 Å². The molecule has 0 saturated carbocycles. The number of furan rings is 1. The molecule has 3 rings (SSSR count). The number of aryl methyl sites for hydroxylation is 1. The van der Waals surface area contributed by atoms with Crippen LogP contribution in [0, 0.1) is 11.3 Å². The van der Waals surface area contributed by atoms with Crippen molar-refractivity contribution in [2.45, 2.75) is 19.3 Å². The minimum atomic E-state index is -0.921. The number of benzene rings is 1. The minimum Gasteiger partial charge on any atom is -0.458 e.